The summed E-state index contributed by atoms with van der Waals surface area (Å²) in [6, 6.07) is 41.8. The van der Waals surface area contributed by atoms with Crippen molar-refractivity contribution in [3.63, 3.8) is 0 Å². The lowest BCUT2D eigenvalue weighted by Gasteiger charge is -2.34. The van der Waals surface area contributed by atoms with E-state index in [0.29, 0.717) is 0 Å². The Kier molecular flexibility index (Phi) is 3.65. The van der Waals surface area contributed by atoms with Crippen molar-refractivity contribution in [1.29, 1.82) is 0 Å². The first-order valence-corrected chi connectivity index (χ1v) is 16.5. The second kappa shape index (κ2) is 7.39. The molecule has 2 aliphatic rings. The lowest BCUT2D eigenvalue weighted by Crippen LogP contribution is -2.55. The van der Waals surface area contributed by atoms with Crippen molar-refractivity contribution < 1.29 is 8.83 Å². The molecule has 0 amide bonds. The number of thiophene rings is 1. The van der Waals surface area contributed by atoms with Crippen molar-refractivity contribution in [2.75, 3.05) is 0 Å². The number of hydrogen-bond donors (Lipinski definition) is 0. The van der Waals surface area contributed by atoms with E-state index in [1.165, 1.54) is 69.8 Å². The Morgan fingerprint density at radius 1 is 0.565 bits per heavy atom. The number of aromatic nitrogens is 2. The predicted octanol–water partition coefficient (Wildman–Crippen LogP) is 9.70. The normalized spacial score (nSPS) is 13.6. The standard InChI is InChI=1S/C40H19BN2O2S/c1-4-16-28-20(9-1)32-30(44-28)19-27-34-33(32)23-12-7-14-25-35(23)43(38-22-11-3-6-18-31(22)46-40(25)38)41(34)26-15-8-13-24-36(26)42(27)37-21-10-2-5-17-29(21)45-39(24)37/h1-19H. The zero-order chi connectivity index (χ0) is 29.4. The Hall–Kier alpha value is -5.72. The summed E-state index contributed by atoms with van der Waals surface area (Å²) in [6.07, 6.45) is 0. The van der Waals surface area contributed by atoms with Gasteiger partial charge in [0.2, 0.25) is 0 Å². The number of hydrogen-bond acceptors (Lipinski definition) is 3. The lowest BCUT2D eigenvalue weighted by atomic mass is 9.45. The minimum absolute atomic E-state index is 0.0163. The third kappa shape index (κ3) is 2.33. The fraction of sp³-hybridized carbons (Fsp3) is 0. The molecule has 13 rings (SSSR count). The highest BCUT2D eigenvalue weighted by atomic mass is 32.1. The van der Waals surface area contributed by atoms with Crippen LogP contribution in [0.1, 0.15) is 0 Å². The molecule has 0 fully saturated rings. The van der Waals surface area contributed by atoms with E-state index >= 15 is 0 Å². The zero-order valence-electron chi connectivity index (χ0n) is 24.2. The molecule has 0 N–H and O–H groups in total. The fourth-order valence-corrected chi connectivity index (χ4v) is 10.3. The summed E-state index contributed by atoms with van der Waals surface area (Å²) in [7, 11) is 0. The van der Waals surface area contributed by atoms with Crippen LogP contribution in [0.15, 0.2) is 124 Å². The largest absolute Gasteiger partial charge is 0.456 e. The van der Waals surface area contributed by atoms with Crippen LogP contribution in [0, 0.1) is 0 Å². The number of rotatable bonds is 0. The molecule has 0 unspecified atom stereocenters. The van der Waals surface area contributed by atoms with Crippen molar-refractivity contribution in [1.82, 2.24) is 9.05 Å². The van der Waals surface area contributed by atoms with Crippen LogP contribution >= 0.6 is 11.3 Å². The van der Waals surface area contributed by atoms with Crippen LogP contribution < -0.4 is 10.9 Å². The Balaban J connectivity index is 1.36. The lowest BCUT2D eigenvalue weighted by molar-refractivity contribution is 0.668. The maximum atomic E-state index is 6.71. The van der Waals surface area contributed by atoms with Gasteiger partial charge in [-0.05, 0) is 46.8 Å². The van der Waals surface area contributed by atoms with Gasteiger partial charge in [-0.25, -0.2) is 0 Å². The molecular formula is C40H19BN2O2S. The van der Waals surface area contributed by atoms with Gasteiger partial charge in [0.1, 0.15) is 22.3 Å². The SMILES string of the molecule is c1ccc2c(c1)oc1cc3c4c(c12)-c1cccc2c5sc6ccccc6c5n(c12)B4c1cccc2c4oc5ccccc5c4n-3c12. The quantitative estimate of drug-likeness (QED) is 0.162. The minimum Gasteiger partial charge on any atom is -0.456 e. The van der Waals surface area contributed by atoms with Gasteiger partial charge in [0.15, 0.2) is 5.58 Å². The van der Waals surface area contributed by atoms with E-state index in [9.17, 15) is 0 Å². The zero-order valence-corrected chi connectivity index (χ0v) is 25.0. The summed E-state index contributed by atoms with van der Waals surface area (Å²) >= 11 is 1.91. The van der Waals surface area contributed by atoms with Crippen LogP contribution in [0.2, 0.25) is 0 Å². The molecule has 5 aromatic heterocycles. The van der Waals surface area contributed by atoms with Gasteiger partial charge in [0, 0.05) is 59.9 Å². The first-order chi connectivity index (χ1) is 22.8. The summed E-state index contributed by atoms with van der Waals surface area (Å²) in [5, 5.41) is 7.27. The van der Waals surface area contributed by atoms with E-state index in [-0.39, 0.29) is 6.85 Å². The monoisotopic (exact) mass is 602 g/mol. The molecule has 6 heteroatoms. The number of nitrogens with zero attached hydrogens (tertiary/aromatic N) is 2. The minimum atomic E-state index is -0.0163. The Morgan fingerprint density at radius 2 is 1.30 bits per heavy atom. The van der Waals surface area contributed by atoms with Crippen molar-refractivity contribution in [3.05, 3.63) is 115 Å². The molecule has 7 heterocycles. The summed E-state index contributed by atoms with van der Waals surface area (Å²) in [5.74, 6) is 0. The Bertz CT molecular complexity index is 3220. The predicted molar refractivity (Wildman–Crippen MR) is 192 cm³/mol. The number of para-hydroxylation sites is 4. The molecule has 0 atom stereocenters. The smallest absolute Gasteiger partial charge is 0.333 e. The molecule has 0 spiro atoms. The van der Waals surface area contributed by atoms with E-state index in [1.807, 2.05) is 11.3 Å². The Morgan fingerprint density at radius 3 is 2.22 bits per heavy atom. The molecular weight excluding hydrogens is 583 g/mol. The van der Waals surface area contributed by atoms with Crippen molar-refractivity contribution >= 4 is 115 Å². The van der Waals surface area contributed by atoms with Gasteiger partial charge < -0.3 is 17.9 Å². The molecule has 6 aromatic carbocycles. The van der Waals surface area contributed by atoms with E-state index in [0.717, 1.165) is 44.0 Å². The highest BCUT2D eigenvalue weighted by molar-refractivity contribution is 7.27. The van der Waals surface area contributed by atoms with Gasteiger partial charge in [-0.3, -0.25) is 0 Å². The van der Waals surface area contributed by atoms with Gasteiger partial charge in [0.05, 0.1) is 15.7 Å². The van der Waals surface area contributed by atoms with Gasteiger partial charge in [-0.1, -0.05) is 78.9 Å². The second-order valence-corrected chi connectivity index (χ2v) is 13.8. The molecule has 46 heavy (non-hydrogen) atoms. The summed E-state index contributed by atoms with van der Waals surface area (Å²) in [4.78, 5) is 0. The number of fused-ring (bicyclic) bond motifs is 18. The molecule has 0 radical (unpaired) electrons. The Labute approximate surface area is 264 Å². The summed E-state index contributed by atoms with van der Waals surface area (Å²) in [6.45, 7) is -0.0163. The molecule has 4 nitrogen and oxygen atoms in total. The average molecular weight is 602 g/mol. The van der Waals surface area contributed by atoms with Gasteiger partial charge in [-0.15, -0.1) is 11.3 Å². The van der Waals surface area contributed by atoms with Gasteiger partial charge >= 0.3 is 6.85 Å². The summed E-state index contributed by atoms with van der Waals surface area (Å²) < 4.78 is 21.2. The van der Waals surface area contributed by atoms with Crippen molar-refractivity contribution in [2.45, 2.75) is 0 Å². The third-order valence-electron chi connectivity index (χ3n) is 10.7. The van der Waals surface area contributed by atoms with E-state index in [1.54, 1.807) is 0 Å². The molecule has 0 saturated heterocycles. The molecule has 11 aromatic rings. The van der Waals surface area contributed by atoms with Crippen LogP contribution in [0.3, 0.4) is 0 Å². The van der Waals surface area contributed by atoms with Crippen molar-refractivity contribution in [2.24, 2.45) is 0 Å². The molecule has 210 valence electrons. The second-order valence-electron chi connectivity index (χ2n) is 12.8. The number of benzene rings is 6. The van der Waals surface area contributed by atoms with Crippen LogP contribution in [0.25, 0.3) is 103 Å². The first-order valence-electron chi connectivity index (χ1n) is 15.7. The van der Waals surface area contributed by atoms with Crippen LogP contribution in [0.5, 0.6) is 0 Å². The van der Waals surface area contributed by atoms with Crippen LogP contribution in [0.4, 0.5) is 0 Å². The summed E-state index contributed by atoms with van der Waals surface area (Å²) in [5.41, 5.74) is 15.0. The molecule has 0 bridgehead atoms. The maximum absolute atomic E-state index is 6.71. The van der Waals surface area contributed by atoms with E-state index < -0.39 is 0 Å². The van der Waals surface area contributed by atoms with Crippen LogP contribution in [-0.2, 0) is 0 Å². The topological polar surface area (TPSA) is 36.1 Å². The van der Waals surface area contributed by atoms with Crippen molar-refractivity contribution in [3.8, 4) is 16.8 Å². The van der Waals surface area contributed by atoms with E-state index in [4.69, 9.17) is 8.83 Å². The molecule has 0 aliphatic carbocycles. The first kappa shape index (κ1) is 22.7. The number of furan rings is 2. The highest BCUT2D eigenvalue weighted by Gasteiger charge is 2.43. The van der Waals surface area contributed by atoms with Gasteiger partial charge in [0.25, 0.3) is 0 Å². The maximum Gasteiger partial charge on any atom is 0.333 e. The molecule has 0 saturated carbocycles. The van der Waals surface area contributed by atoms with Gasteiger partial charge in [-0.2, -0.15) is 0 Å². The van der Waals surface area contributed by atoms with Crippen LogP contribution in [-0.4, -0.2) is 15.9 Å². The molecule has 2 aliphatic heterocycles. The highest BCUT2D eigenvalue weighted by Crippen LogP contribution is 2.50. The third-order valence-corrected chi connectivity index (χ3v) is 11.9. The average Bonchev–Trinajstić information content (AvgIpc) is 3.89. The fourth-order valence-electron chi connectivity index (χ4n) is 9.07. The van der Waals surface area contributed by atoms with E-state index in [2.05, 4.69) is 124 Å².